The summed E-state index contributed by atoms with van der Waals surface area (Å²) >= 11 is 6.91. The van der Waals surface area contributed by atoms with Crippen LogP contribution < -0.4 is 5.32 Å². The molecule has 0 fully saturated rings. The van der Waals surface area contributed by atoms with Crippen LogP contribution in [0.1, 0.15) is 16.7 Å². The number of nitrogens with one attached hydrogen (secondary N) is 1. The van der Waals surface area contributed by atoms with E-state index >= 15 is 0 Å². The van der Waals surface area contributed by atoms with Crippen molar-refractivity contribution in [2.75, 3.05) is 5.32 Å². The third-order valence-electron chi connectivity index (χ3n) is 2.73. The van der Waals surface area contributed by atoms with Gasteiger partial charge in [-0.25, -0.2) is 4.98 Å². The Morgan fingerprint density at radius 3 is 2.17 bits per heavy atom. The van der Waals surface area contributed by atoms with Crippen molar-refractivity contribution in [3.05, 3.63) is 50.0 Å². The molecule has 0 unspecified atom stereocenters. The Morgan fingerprint density at radius 1 is 1.00 bits per heavy atom. The molecule has 18 heavy (non-hydrogen) atoms. The second-order valence-electron chi connectivity index (χ2n) is 4.38. The molecule has 0 spiro atoms. The molecule has 0 bridgehead atoms. The Kier molecular flexibility index (Phi) is 4.07. The molecule has 4 heteroatoms. The first-order chi connectivity index (χ1) is 8.47. The molecule has 0 aliphatic heterocycles. The summed E-state index contributed by atoms with van der Waals surface area (Å²) in [6.07, 6.45) is 1.78. The maximum Gasteiger partial charge on any atom is 0.144 e. The summed E-state index contributed by atoms with van der Waals surface area (Å²) in [5, 5.41) is 3.38. The van der Waals surface area contributed by atoms with Gasteiger partial charge in [-0.05, 0) is 69.8 Å². The van der Waals surface area contributed by atoms with Crippen LogP contribution in [0.5, 0.6) is 0 Å². The van der Waals surface area contributed by atoms with E-state index in [-0.39, 0.29) is 0 Å². The molecule has 2 nitrogen and oxygen atoms in total. The van der Waals surface area contributed by atoms with Gasteiger partial charge in [0.15, 0.2) is 0 Å². The average Bonchev–Trinajstić information content (AvgIpc) is 2.25. The molecular weight excluding hydrogens is 356 g/mol. The van der Waals surface area contributed by atoms with Crippen molar-refractivity contribution in [2.24, 2.45) is 0 Å². The average molecular weight is 370 g/mol. The van der Waals surface area contributed by atoms with E-state index in [9.17, 15) is 0 Å². The first kappa shape index (κ1) is 13.6. The Balaban J connectivity index is 2.40. The van der Waals surface area contributed by atoms with Gasteiger partial charge in [0.05, 0.1) is 4.47 Å². The second-order valence-corrected chi connectivity index (χ2v) is 6.15. The highest BCUT2D eigenvalue weighted by atomic mass is 79.9. The lowest BCUT2D eigenvalue weighted by molar-refractivity contribution is 1.24. The van der Waals surface area contributed by atoms with Gasteiger partial charge in [-0.3, -0.25) is 0 Å². The summed E-state index contributed by atoms with van der Waals surface area (Å²) in [7, 11) is 0. The molecule has 0 aliphatic rings. The van der Waals surface area contributed by atoms with E-state index in [2.05, 4.69) is 75.1 Å². The van der Waals surface area contributed by atoms with Crippen molar-refractivity contribution >= 4 is 43.4 Å². The Labute approximate surface area is 124 Å². The van der Waals surface area contributed by atoms with Gasteiger partial charge in [0, 0.05) is 16.4 Å². The van der Waals surface area contributed by atoms with Gasteiger partial charge in [0.1, 0.15) is 5.82 Å². The summed E-state index contributed by atoms with van der Waals surface area (Å²) in [4.78, 5) is 4.37. The van der Waals surface area contributed by atoms with Crippen molar-refractivity contribution in [1.29, 1.82) is 0 Å². The lowest BCUT2D eigenvalue weighted by Gasteiger charge is -2.14. The first-order valence-corrected chi connectivity index (χ1v) is 7.22. The zero-order chi connectivity index (χ0) is 13.3. The largest absolute Gasteiger partial charge is 0.339 e. The zero-order valence-corrected chi connectivity index (χ0v) is 13.7. The fourth-order valence-corrected chi connectivity index (χ4v) is 3.09. The van der Waals surface area contributed by atoms with Crippen LogP contribution in [0.2, 0.25) is 0 Å². The van der Waals surface area contributed by atoms with Gasteiger partial charge in [-0.15, -0.1) is 0 Å². The molecule has 1 N–H and O–H groups in total. The molecule has 1 aromatic heterocycles. The summed E-state index contributed by atoms with van der Waals surface area (Å²) in [6, 6.07) is 6.32. The molecule has 1 aromatic carbocycles. The predicted molar refractivity (Wildman–Crippen MR) is 83.6 cm³/mol. The van der Waals surface area contributed by atoms with Crippen molar-refractivity contribution < 1.29 is 0 Å². The van der Waals surface area contributed by atoms with Crippen molar-refractivity contribution in [2.45, 2.75) is 20.8 Å². The number of benzene rings is 1. The number of anilines is 2. The molecule has 0 saturated carbocycles. The maximum absolute atomic E-state index is 4.37. The highest BCUT2D eigenvalue weighted by Crippen LogP contribution is 2.30. The molecule has 0 aliphatic carbocycles. The van der Waals surface area contributed by atoms with E-state index in [1.165, 1.54) is 16.7 Å². The summed E-state index contributed by atoms with van der Waals surface area (Å²) < 4.78 is 1.90. The predicted octanol–water partition coefficient (Wildman–Crippen LogP) is 5.28. The van der Waals surface area contributed by atoms with Gasteiger partial charge in [-0.2, -0.15) is 0 Å². The van der Waals surface area contributed by atoms with E-state index in [4.69, 9.17) is 0 Å². The smallest absolute Gasteiger partial charge is 0.144 e. The SMILES string of the molecule is Cc1cc(C)c(Nc2ncc(Br)cc2Br)c(C)c1. The van der Waals surface area contributed by atoms with E-state index in [0.717, 1.165) is 20.5 Å². The number of halogens is 2. The molecule has 0 saturated heterocycles. The highest BCUT2D eigenvalue weighted by molar-refractivity contribution is 9.11. The number of hydrogen-bond acceptors (Lipinski definition) is 2. The van der Waals surface area contributed by atoms with Crippen LogP contribution >= 0.6 is 31.9 Å². The molecular formula is C14H14Br2N2. The number of hydrogen-bond donors (Lipinski definition) is 1. The molecule has 1 heterocycles. The van der Waals surface area contributed by atoms with Crippen LogP contribution in [-0.2, 0) is 0 Å². The van der Waals surface area contributed by atoms with E-state index < -0.39 is 0 Å². The van der Waals surface area contributed by atoms with Gasteiger partial charge >= 0.3 is 0 Å². The van der Waals surface area contributed by atoms with Crippen molar-refractivity contribution in [1.82, 2.24) is 4.98 Å². The summed E-state index contributed by atoms with van der Waals surface area (Å²) in [5.74, 6) is 0.827. The molecule has 94 valence electrons. The lowest BCUT2D eigenvalue weighted by Crippen LogP contribution is -1.99. The molecule has 0 amide bonds. The zero-order valence-electron chi connectivity index (χ0n) is 10.5. The number of nitrogens with zero attached hydrogens (tertiary/aromatic N) is 1. The van der Waals surface area contributed by atoms with E-state index in [0.29, 0.717) is 0 Å². The fraction of sp³-hybridized carbons (Fsp3) is 0.214. The van der Waals surface area contributed by atoms with Crippen molar-refractivity contribution in [3.8, 4) is 0 Å². The van der Waals surface area contributed by atoms with Gasteiger partial charge in [0.2, 0.25) is 0 Å². The van der Waals surface area contributed by atoms with Gasteiger partial charge < -0.3 is 5.32 Å². The lowest BCUT2D eigenvalue weighted by atomic mass is 10.1. The van der Waals surface area contributed by atoms with Crippen LogP contribution in [0.3, 0.4) is 0 Å². The van der Waals surface area contributed by atoms with Crippen LogP contribution in [-0.4, -0.2) is 4.98 Å². The fourth-order valence-electron chi connectivity index (χ4n) is 2.00. The Bertz CT molecular complexity index is 571. The topological polar surface area (TPSA) is 24.9 Å². The highest BCUT2D eigenvalue weighted by Gasteiger charge is 2.07. The monoisotopic (exact) mass is 368 g/mol. The minimum absolute atomic E-state index is 0.827. The van der Waals surface area contributed by atoms with Gasteiger partial charge in [0.25, 0.3) is 0 Å². The van der Waals surface area contributed by atoms with Crippen molar-refractivity contribution in [3.63, 3.8) is 0 Å². The standard InChI is InChI=1S/C14H14Br2N2/c1-8-4-9(2)13(10(3)5-8)18-14-12(16)6-11(15)7-17-14/h4-7H,1-3H3,(H,17,18). The van der Waals surface area contributed by atoms with E-state index in [1.807, 2.05) is 6.07 Å². The maximum atomic E-state index is 4.37. The Morgan fingerprint density at radius 2 is 1.61 bits per heavy atom. The second kappa shape index (κ2) is 5.41. The Hall–Kier alpha value is -0.870. The van der Waals surface area contributed by atoms with Crippen LogP contribution in [0, 0.1) is 20.8 Å². The van der Waals surface area contributed by atoms with Crippen LogP contribution in [0.4, 0.5) is 11.5 Å². The normalized spacial score (nSPS) is 10.5. The minimum atomic E-state index is 0.827. The molecule has 2 aromatic rings. The van der Waals surface area contributed by atoms with Crippen LogP contribution in [0.25, 0.3) is 0 Å². The quantitative estimate of drug-likeness (QED) is 0.779. The van der Waals surface area contributed by atoms with Crippen LogP contribution in [0.15, 0.2) is 33.3 Å². The molecule has 0 radical (unpaired) electrons. The summed E-state index contributed by atoms with van der Waals surface area (Å²) in [5.41, 5.74) is 4.85. The third kappa shape index (κ3) is 2.93. The number of pyridine rings is 1. The number of aromatic nitrogens is 1. The molecule has 0 atom stereocenters. The van der Waals surface area contributed by atoms with Gasteiger partial charge in [-0.1, -0.05) is 17.7 Å². The summed E-state index contributed by atoms with van der Waals surface area (Å²) in [6.45, 7) is 6.32. The van der Waals surface area contributed by atoms with E-state index in [1.54, 1.807) is 6.20 Å². The third-order valence-corrected chi connectivity index (χ3v) is 3.77. The number of aryl methyl sites for hydroxylation is 3. The first-order valence-electron chi connectivity index (χ1n) is 5.63. The number of rotatable bonds is 2. The minimum Gasteiger partial charge on any atom is -0.339 e. The molecule has 2 rings (SSSR count).